The second-order valence-electron chi connectivity index (χ2n) is 9.88. The number of rotatable bonds is 5. The number of anilines is 3. The topological polar surface area (TPSA) is 134 Å². The zero-order valence-corrected chi connectivity index (χ0v) is 22.2. The lowest BCUT2D eigenvalue weighted by Gasteiger charge is -2.27. The summed E-state index contributed by atoms with van der Waals surface area (Å²) in [6.45, 7) is 7.92. The zero-order valence-electron chi connectivity index (χ0n) is 22.2. The Labute approximate surface area is 225 Å². The maximum absolute atomic E-state index is 12.8. The van der Waals surface area contributed by atoms with Crippen LogP contribution in [0.4, 0.5) is 22.2 Å². The van der Waals surface area contributed by atoms with E-state index in [0.29, 0.717) is 60.5 Å². The van der Waals surface area contributed by atoms with E-state index in [4.69, 9.17) is 24.2 Å². The third-order valence-electron chi connectivity index (χ3n) is 5.87. The number of esters is 1. The molecule has 202 valence electrons. The molecule has 1 aliphatic rings. The van der Waals surface area contributed by atoms with Gasteiger partial charge in [0.05, 0.1) is 48.9 Å². The summed E-state index contributed by atoms with van der Waals surface area (Å²) in [7, 11) is 1.31. The highest BCUT2D eigenvalue weighted by atomic mass is 16.6. The number of ether oxygens (including phenoxy) is 3. The largest absolute Gasteiger partial charge is 0.464 e. The minimum absolute atomic E-state index is 0.204. The van der Waals surface area contributed by atoms with E-state index >= 15 is 0 Å². The number of pyridine rings is 1. The standard InChI is InChI=1S/C27H29N7O5/c1-27(2,3)39-26(36)34-16-29-19-7-5-17(13-22(19)34)21-14-23(32-25(31-21)33-9-11-38-12-10-33)30-18-6-8-20(28-15-18)24(35)37-4/h5-8,13-16H,9-12H2,1-4H3,(H,30,31,32). The molecule has 1 aromatic carbocycles. The number of carbonyl (C=O) groups is 2. The Kier molecular flexibility index (Phi) is 7.11. The van der Waals surface area contributed by atoms with Gasteiger partial charge in [-0.25, -0.2) is 29.1 Å². The number of carbonyl (C=O) groups excluding carboxylic acids is 2. The van der Waals surface area contributed by atoms with Gasteiger partial charge in [0.15, 0.2) is 0 Å². The number of hydrogen-bond donors (Lipinski definition) is 1. The molecule has 5 rings (SSSR count). The van der Waals surface area contributed by atoms with Gasteiger partial charge < -0.3 is 24.4 Å². The molecule has 1 N–H and O–H groups in total. The molecular formula is C27H29N7O5. The van der Waals surface area contributed by atoms with Gasteiger partial charge in [-0.15, -0.1) is 0 Å². The van der Waals surface area contributed by atoms with Crippen LogP contribution in [0.25, 0.3) is 22.3 Å². The average Bonchev–Trinajstić information content (AvgIpc) is 3.36. The molecule has 1 aliphatic heterocycles. The Morgan fingerprint density at radius 3 is 2.51 bits per heavy atom. The number of fused-ring (bicyclic) bond motifs is 1. The number of aromatic nitrogens is 5. The van der Waals surface area contributed by atoms with Crippen LogP contribution in [0.2, 0.25) is 0 Å². The second kappa shape index (κ2) is 10.7. The van der Waals surface area contributed by atoms with Crippen molar-refractivity contribution in [3.63, 3.8) is 0 Å². The highest BCUT2D eigenvalue weighted by Gasteiger charge is 2.21. The van der Waals surface area contributed by atoms with Gasteiger partial charge in [-0.05, 0) is 45.0 Å². The van der Waals surface area contributed by atoms with Gasteiger partial charge in [-0.2, -0.15) is 4.98 Å². The van der Waals surface area contributed by atoms with Crippen molar-refractivity contribution in [3.8, 4) is 11.3 Å². The minimum Gasteiger partial charge on any atom is -0.464 e. The fourth-order valence-electron chi connectivity index (χ4n) is 4.02. The van der Waals surface area contributed by atoms with Gasteiger partial charge in [0, 0.05) is 24.7 Å². The summed E-state index contributed by atoms with van der Waals surface area (Å²) in [5, 5.41) is 3.25. The molecule has 3 aromatic heterocycles. The molecular weight excluding hydrogens is 502 g/mol. The minimum atomic E-state index is -0.643. The first-order chi connectivity index (χ1) is 18.7. The smallest absolute Gasteiger partial charge is 0.420 e. The van der Waals surface area contributed by atoms with Crippen molar-refractivity contribution in [3.05, 3.63) is 54.6 Å². The molecule has 39 heavy (non-hydrogen) atoms. The molecule has 0 aliphatic carbocycles. The Bertz CT molecular complexity index is 1510. The summed E-state index contributed by atoms with van der Waals surface area (Å²) in [5.41, 5.74) is 2.87. The van der Waals surface area contributed by atoms with E-state index in [1.165, 1.54) is 24.2 Å². The van der Waals surface area contributed by atoms with Gasteiger partial charge in [-0.3, -0.25) is 0 Å². The van der Waals surface area contributed by atoms with Crippen LogP contribution in [0.5, 0.6) is 0 Å². The molecule has 0 amide bonds. The lowest BCUT2D eigenvalue weighted by atomic mass is 10.1. The van der Waals surface area contributed by atoms with Crippen molar-refractivity contribution in [1.29, 1.82) is 0 Å². The van der Waals surface area contributed by atoms with Crippen LogP contribution < -0.4 is 10.2 Å². The Morgan fingerprint density at radius 1 is 1.03 bits per heavy atom. The quantitative estimate of drug-likeness (QED) is 0.374. The molecule has 1 saturated heterocycles. The molecule has 1 fully saturated rings. The van der Waals surface area contributed by atoms with Crippen molar-refractivity contribution in [2.45, 2.75) is 26.4 Å². The number of hydrogen-bond acceptors (Lipinski definition) is 11. The molecule has 4 heterocycles. The fraction of sp³-hybridized carbons (Fsp3) is 0.333. The summed E-state index contributed by atoms with van der Waals surface area (Å²) in [5.74, 6) is 0.564. The zero-order chi connectivity index (χ0) is 27.6. The summed E-state index contributed by atoms with van der Waals surface area (Å²) >= 11 is 0. The predicted molar refractivity (Wildman–Crippen MR) is 144 cm³/mol. The summed E-state index contributed by atoms with van der Waals surface area (Å²) in [6, 6.07) is 10.7. The third kappa shape index (κ3) is 5.96. The summed E-state index contributed by atoms with van der Waals surface area (Å²) in [4.78, 5) is 44.7. The van der Waals surface area contributed by atoms with E-state index in [0.717, 1.165) is 5.56 Å². The Balaban J connectivity index is 1.52. The summed E-state index contributed by atoms with van der Waals surface area (Å²) < 4.78 is 17.2. The van der Waals surface area contributed by atoms with Gasteiger partial charge in [0.2, 0.25) is 5.95 Å². The molecule has 0 saturated carbocycles. The van der Waals surface area contributed by atoms with E-state index in [-0.39, 0.29) is 5.69 Å². The number of imidazole rings is 1. The molecule has 12 nitrogen and oxygen atoms in total. The average molecular weight is 532 g/mol. The molecule has 0 bridgehead atoms. The number of nitrogens with one attached hydrogen (secondary N) is 1. The first-order valence-electron chi connectivity index (χ1n) is 12.4. The van der Waals surface area contributed by atoms with Crippen LogP contribution in [0, 0.1) is 0 Å². The summed E-state index contributed by atoms with van der Waals surface area (Å²) in [6.07, 6.45) is 2.48. The first-order valence-corrected chi connectivity index (χ1v) is 12.4. The normalized spacial score (nSPS) is 13.8. The van der Waals surface area contributed by atoms with Crippen molar-refractivity contribution in [2.24, 2.45) is 0 Å². The Hall–Kier alpha value is -4.58. The van der Waals surface area contributed by atoms with Crippen molar-refractivity contribution >= 4 is 40.5 Å². The number of nitrogens with zero attached hydrogens (tertiary/aromatic N) is 6. The molecule has 4 aromatic rings. The van der Waals surface area contributed by atoms with Crippen molar-refractivity contribution in [1.82, 2.24) is 24.5 Å². The molecule has 12 heteroatoms. The van der Waals surface area contributed by atoms with Crippen LogP contribution in [-0.2, 0) is 14.2 Å². The van der Waals surface area contributed by atoms with Crippen molar-refractivity contribution in [2.75, 3.05) is 43.6 Å². The number of morpholine rings is 1. The van der Waals surface area contributed by atoms with E-state index in [2.05, 4.69) is 20.2 Å². The van der Waals surface area contributed by atoms with Crippen LogP contribution in [0.1, 0.15) is 31.3 Å². The van der Waals surface area contributed by atoms with Crippen LogP contribution >= 0.6 is 0 Å². The van der Waals surface area contributed by atoms with E-state index < -0.39 is 17.7 Å². The Morgan fingerprint density at radius 2 is 1.82 bits per heavy atom. The lowest BCUT2D eigenvalue weighted by Crippen LogP contribution is -2.37. The third-order valence-corrected chi connectivity index (χ3v) is 5.87. The maximum atomic E-state index is 12.8. The van der Waals surface area contributed by atoms with Gasteiger partial charge in [-0.1, -0.05) is 6.07 Å². The monoisotopic (exact) mass is 531 g/mol. The second-order valence-corrected chi connectivity index (χ2v) is 9.88. The highest BCUT2D eigenvalue weighted by Crippen LogP contribution is 2.28. The van der Waals surface area contributed by atoms with Gasteiger partial charge >= 0.3 is 12.1 Å². The van der Waals surface area contributed by atoms with E-state index in [1.54, 1.807) is 12.1 Å². The van der Waals surface area contributed by atoms with Crippen LogP contribution in [0.3, 0.4) is 0 Å². The predicted octanol–water partition coefficient (Wildman–Crippen LogP) is 4.04. The van der Waals surface area contributed by atoms with Crippen LogP contribution in [-0.4, -0.2) is 75.6 Å². The van der Waals surface area contributed by atoms with Crippen molar-refractivity contribution < 1.29 is 23.8 Å². The van der Waals surface area contributed by atoms with Gasteiger partial charge in [0.25, 0.3) is 0 Å². The van der Waals surface area contributed by atoms with Gasteiger partial charge in [0.1, 0.15) is 23.4 Å². The fourth-order valence-corrected chi connectivity index (χ4v) is 4.02. The maximum Gasteiger partial charge on any atom is 0.420 e. The van der Waals surface area contributed by atoms with E-state index in [9.17, 15) is 9.59 Å². The molecule has 0 atom stereocenters. The SMILES string of the molecule is COC(=O)c1ccc(Nc2cc(-c3ccc4ncn(C(=O)OC(C)(C)C)c4c3)nc(N3CCOCC3)n2)cn1. The highest BCUT2D eigenvalue weighted by molar-refractivity contribution is 5.90. The van der Waals surface area contributed by atoms with Crippen LogP contribution in [0.15, 0.2) is 48.9 Å². The number of methoxy groups -OCH3 is 1. The molecule has 0 unspecified atom stereocenters. The number of benzene rings is 1. The first kappa shape index (κ1) is 26.0. The van der Waals surface area contributed by atoms with E-state index in [1.807, 2.05) is 45.0 Å². The lowest BCUT2D eigenvalue weighted by molar-refractivity contribution is 0.0541. The molecule has 0 radical (unpaired) electrons. The molecule has 0 spiro atoms.